The highest BCUT2D eigenvalue weighted by Crippen LogP contribution is 2.25. The molecule has 1 aromatic rings. The lowest BCUT2D eigenvalue weighted by atomic mass is 9.93. The van der Waals surface area contributed by atoms with Crippen LogP contribution in [0.3, 0.4) is 0 Å². The summed E-state index contributed by atoms with van der Waals surface area (Å²) in [6.07, 6.45) is 0. The van der Waals surface area contributed by atoms with Gasteiger partial charge in [0.05, 0.1) is 6.04 Å². The van der Waals surface area contributed by atoms with Gasteiger partial charge >= 0.3 is 0 Å². The molecule has 0 radical (unpaired) electrons. The Morgan fingerprint density at radius 3 is 2.32 bits per heavy atom. The molecule has 1 aliphatic rings. The average molecular weight is 273 g/mol. The van der Waals surface area contributed by atoms with Gasteiger partial charge < -0.3 is 5.73 Å². The van der Waals surface area contributed by atoms with Gasteiger partial charge in [-0.2, -0.15) is 0 Å². The molecular formula is C15H19N3S. The van der Waals surface area contributed by atoms with Crippen LogP contribution < -0.4 is 5.73 Å². The van der Waals surface area contributed by atoms with E-state index < -0.39 is 0 Å². The van der Waals surface area contributed by atoms with Crippen molar-refractivity contribution in [2.24, 2.45) is 15.7 Å². The van der Waals surface area contributed by atoms with E-state index in [4.69, 9.17) is 18.0 Å². The van der Waals surface area contributed by atoms with Gasteiger partial charge in [-0.05, 0) is 57.4 Å². The molecule has 0 saturated carbocycles. The van der Waals surface area contributed by atoms with Crippen LogP contribution in [0.2, 0.25) is 0 Å². The number of rotatable bonds is 2. The summed E-state index contributed by atoms with van der Waals surface area (Å²) >= 11 is 5.10. The van der Waals surface area contributed by atoms with Gasteiger partial charge in [0.25, 0.3) is 0 Å². The third-order valence-electron chi connectivity index (χ3n) is 3.79. The smallest absolute Gasteiger partial charge is 0.155 e. The minimum absolute atomic E-state index is 0.171. The van der Waals surface area contributed by atoms with E-state index in [1.807, 2.05) is 19.9 Å². The van der Waals surface area contributed by atoms with E-state index in [0.29, 0.717) is 4.99 Å². The van der Waals surface area contributed by atoms with E-state index in [1.165, 1.54) is 0 Å². The van der Waals surface area contributed by atoms with Crippen LogP contribution in [-0.4, -0.2) is 22.6 Å². The van der Waals surface area contributed by atoms with E-state index in [1.54, 1.807) is 0 Å². The Morgan fingerprint density at radius 1 is 1.21 bits per heavy atom. The van der Waals surface area contributed by atoms with Gasteiger partial charge in [0, 0.05) is 16.8 Å². The van der Waals surface area contributed by atoms with Crippen LogP contribution in [0.5, 0.6) is 0 Å². The summed E-state index contributed by atoms with van der Waals surface area (Å²) in [4.78, 5) is 9.65. The Morgan fingerprint density at radius 2 is 1.84 bits per heavy atom. The highest BCUT2D eigenvalue weighted by atomic mass is 32.1. The first-order valence-corrected chi connectivity index (χ1v) is 6.77. The van der Waals surface area contributed by atoms with Crippen molar-refractivity contribution in [3.05, 3.63) is 33.9 Å². The zero-order chi connectivity index (χ0) is 14.3. The lowest BCUT2D eigenvalue weighted by molar-refractivity contribution is 0.993. The summed E-state index contributed by atoms with van der Waals surface area (Å²) in [6.45, 7) is 10.3. The Labute approximate surface area is 119 Å². The molecule has 0 spiro atoms. The molecule has 0 fully saturated rings. The summed E-state index contributed by atoms with van der Waals surface area (Å²) in [5, 5.41) is 0. The first-order chi connectivity index (χ1) is 8.82. The van der Waals surface area contributed by atoms with Crippen molar-refractivity contribution in [1.29, 1.82) is 0 Å². The number of aliphatic imine (C=N–C) groups is 2. The molecule has 4 heteroatoms. The molecule has 1 heterocycles. The van der Waals surface area contributed by atoms with Crippen molar-refractivity contribution in [3.8, 4) is 0 Å². The lowest BCUT2D eigenvalue weighted by Crippen LogP contribution is -2.15. The molecule has 3 nitrogen and oxygen atoms in total. The number of hydrogen-bond donors (Lipinski definition) is 1. The Balaban J connectivity index is 2.65. The van der Waals surface area contributed by atoms with Crippen LogP contribution in [0, 0.1) is 20.8 Å². The van der Waals surface area contributed by atoms with Crippen molar-refractivity contribution in [1.82, 2.24) is 0 Å². The van der Waals surface area contributed by atoms with Crippen LogP contribution in [-0.2, 0) is 0 Å². The SMILES string of the molecule is CC1=NC(c2c(C)cc(C(N)=S)c(C)c2C)=NC1C. The largest absolute Gasteiger partial charge is 0.389 e. The highest BCUT2D eigenvalue weighted by molar-refractivity contribution is 7.80. The minimum Gasteiger partial charge on any atom is -0.389 e. The molecule has 0 aliphatic carbocycles. The van der Waals surface area contributed by atoms with Crippen LogP contribution in [0.15, 0.2) is 16.1 Å². The molecule has 19 heavy (non-hydrogen) atoms. The number of nitrogens with two attached hydrogens (primary N) is 1. The molecule has 1 atom stereocenters. The Hall–Kier alpha value is -1.55. The second kappa shape index (κ2) is 4.85. The predicted molar refractivity (Wildman–Crippen MR) is 85.6 cm³/mol. The van der Waals surface area contributed by atoms with E-state index in [0.717, 1.165) is 39.4 Å². The van der Waals surface area contributed by atoms with Crippen molar-refractivity contribution < 1.29 is 0 Å². The summed E-state index contributed by atoms with van der Waals surface area (Å²) in [6, 6.07) is 2.21. The molecule has 0 saturated heterocycles. The maximum Gasteiger partial charge on any atom is 0.155 e. The van der Waals surface area contributed by atoms with E-state index in [-0.39, 0.29) is 6.04 Å². The van der Waals surface area contributed by atoms with Gasteiger partial charge in [-0.3, -0.25) is 4.99 Å². The van der Waals surface area contributed by atoms with Crippen LogP contribution in [0.25, 0.3) is 0 Å². The van der Waals surface area contributed by atoms with Gasteiger partial charge in [0.15, 0.2) is 5.84 Å². The number of hydrogen-bond acceptors (Lipinski definition) is 3. The molecule has 0 bridgehead atoms. The van der Waals surface area contributed by atoms with E-state index in [2.05, 4.69) is 30.8 Å². The number of thiocarbonyl (C=S) groups is 1. The van der Waals surface area contributed by atoms with E-state index in [9.17, 15) is 0 Å². The van der Waals surface area contributed by atoms with E-state index >= 15 is 0 Å². The van der Waals surface area contributed by atoms with Crippen LogP contribution in [0.1, 0.15) is 41.7 Å². The molecule has 1 unspecified atom stereocenters. The molecule has 2 N–H and O–H groups in total. The highest BCUT2D eigenvalue weighted by Gasteiger charge is 2.21. The third-order valence-corrected chi connectivity index (χ3v) is 4.01. The fraction of sp³-hybridized carbons (Fsp3) is 0.400. The maximum absolute atomic E-state index is 5.77. The zero-order valence-corrected chi connectivity index (χ0v) is 12.9. The van der Waals surface area contributed by atoms with Crippen LogP contribution >= 0.6 is 12.2 Å². The summed E-state index contributed by atoms with van der Waals surface area (Å²) in [5.74, 6) is 0.831. The molecular weight excluding hydrogens is 254 g/mol. The standard InChI is InChI=1S/C15H19N3S/c1-7-6-12(14(16)19)8(2)9(3)13(7)15-17-10(4)11(5)18-15/h6,10H,1-5H3,(H2,16,19). The van der Waals surface area contributed by atoms with Gasteiger partial charge in [0.2, 0.25) is 0 Å². The average Bonchev–Trinajstić information content (AvgIpc) is 2.64. The van der Waals surface area contributed by atoms with Crippen molar-refractivity contribution >= 4 is 28.8 Å². The number of amidine groups is 1. The molecule has 0 amide bonds. The van der Waals surface area contributed by atoms with Crippen LogP contribution in [0.4, 0.5) is 0 Å². The minimum atomic E-state index is 0.171. The molecule has 100 valence electrons. The van der Waals surface area contributed by atoms with Gasteiger partial charge in [-0.15, -0.1) is 0 Å². The fourth-order valence-corrected chi connectivity index (χ4v) is 2.58. The monoisotopic (exact) mass is 273 g/mol. The normalized spacial score (nSPS) is 18.3. The summed E-state index contributed by atoms with van der Waals surface area (Å²) < 4.78 is 0. The maximum atomic E-state index is 5.77. The molecule has 1 aromatic carbocycles. The number of aryl methyl sites for hydroxylation is 1. The second-order valence-corrected chi connectivity index (χ2v) is 5.55. The zero-order valence-electron chi connectivity index (χ0n) is 12.0. The third kappa shape index (κ3) is 2.32. The lowest BCUT2D eigenvalue weighted by Gasteiger charge is -2.15. The molecule has 0 aromatic heterocycles. The Bertz CT molecular complexity index is 627. The Kier molecular flexibility index (Phi) is 3.54. The molecule has 2 rings (SSSR count). The number of benzene rings is 1. The fourth-order valence-electron chi connectivity index (χ4n) is 2.37. The van der Waals surface area contributed by atoms with Gasteiger partial charge in [0.1, 0.15) is 4.99 Å². The summed E-state index contributed by atoms with van der Waals surface area (Å²) in [5.41, 5.74) is 12.3. The number of nitrogens with zero attached hydrogens (tertiary/aromatic N) is 2. The molecule has 1 aliphatic heterocycles. The summed E-state index contributed by atoms with van der Waals surface area (Å²) in [7, 11) is 0. The first kappa shape index (κ1) is 13.9. The topological polar surface area (TPSA) is 50.7 Å². The quantitative estimate of drug-likeness (QED) is 0.842. The second-order valence-electron chi connectivity index (χ2n) is 5.11. The predicted octanol–water partition coefficient (Wildman–Crippen LogP) is 2.86. The van der Waals surface area contributed by atoms with Crippen molar-refractivity contribution in [2.45, 2.75) is 40.7 Å². The van der Waals surface area contributed by atoms with Gasteiger partial charge in [-0.25, -0.2) is 4.99 Å². The first-order valence-electron chi connectivity index (χ1n) is 6.37. The van der Waals surface area contributed by atoms with Crippen molar-refractivity contribution in [2.75, 3.05) is 0 Å². The van der Waals surface area contributed by atoms with Gasteiger partial charge in [-0.1, -0.05) is 12.2 Å². The van der Waals surface area contributed by atoms with Crippen molar-refractivity contribution in [3.63, 3.8) is 0 Å².